The summed E-state index contributed by atoms with van der Waals surface area (Å²) in [7, 11) is 0. The lowest BCUT2D eigenvalue weighted by molar-refractivity contribution is 0.632. The van der Waals surface area contributed by atoms with Gasteiger partial charge in [0.05, 0.1) is 22.4 Å². The number of aromatic nitrogens is 3. The van der Waals surface area contributed by atoms with Gasteiger partial charge in [0.1, 0.15) is 0 Å². The van der Waals surface area contributed by atoms with E-state index in [9.17, 15) is 0 Å². The van der Waals surface area contributed by atoms with Gasteiger partial charge in [-0.3, -0.25) is 4.57 Å². The smallest absolute Gasteiger partial charge is 0.235 e. The quantitative estimate of drug-likeness (QED) is 0.177. The zero-order valence-electron chi connectivity index (χ0n) is 27.8. The Labute approximate surface area is 289 Å². The fraction of sp³-hybridized carbons (Fsp3) is 0.0638. The number of fused-ring (bicyclic) bond motifs is 14. The third-order valence-corrected chi connectivity index (χ3v) is 11.1. The van der Waals surface area contributed by atoms with Crippen molar-refractivity contribution in [3.05, 3.63) is 163 Å². The van der Waals surface area contributed by atoms with E-state index in [2.05, 4.69) is 170 Å². The second-order valence-electron chi connectivity index (χ2n) is 14.2. The van der Waals surface area contributed by atoms with Crippen molar-refractivity contribution in [3.8, 4) is 28.3 Å². The molecule has 50 heavy (non-hydrogen) atoms. The van der Waals surface area contributed by atoms with Gasteiger partial charge in [0.15, 0.2) is 0 Å². The van der Waals surface area contributed by atoms with E-state index >= 15 is 0 Å². The highest BCUT2D eigenvalue weighted by molar-refractivity contribution is 6.35. The molecule has 0 fully saturated rings. The number of benzene rings is 8. The van der Waals surface area contributed by atoms with E-state index in [4.69, 9.17) is 9.97 Å². The molecule has 0 bridgehead atoms. The molecule has 0 amide bonds. The third kappa shape index (κ3) is 3.59. The maximum Gasteiger partial charge on any atom is 0.235 e. The summed E-state index contributed by atoms with van der Waals surface area (Å²) in [5.41, 5.74) is 8.69. The van der Waals surface area contributed by atoms with Crippen LogP contribution in [-0.4, -0.2) is 14.5 Å². The molecule has 234 valence electrons. The second-order valence-corrected chi connectivity index (χ2v) is 14.2. The molecule has 0 aliphatic heterocycles. The van der Waals surface area contributed by atoms with E-state index < -0.39 is 0 Å². The first kappa shape index (κ1) is 27.6. The van der Waals surface area contributed by atoms with Gasteiger partial charge in [-0.2, -0.15) is 0 Å². The molecule has 3 nitrogen and oxygen atoms in total. The van der Waals surface area contributed by atoms with Crippen LogP contribution in [-0.2, 0) is 5.41 Å². The van der Waals surface area contributed by atoms with Gasteiger partial charge in [-0.05, 0) is 67.0 Å². The average Bonchev–Trinajstić information content (AvgIpc) is 3.61. The van der Waals surface area contributed by atoms with E-state index in [1.807, 2.05) is 0 Å². The van der Waals surface area contributed by atoms with Crippen LogP contribution in [0.2, 0.25) is 0 Å². The van der Waals surface area contributed by atoms with E-state index in [-0.39, 0.29) is 5.41 Å². The Bertz CT molecular complexity index is 3020. The van der Waals surface area contributed by atoms with Crippen molar-refractivity contribution in [2.45, 2.75) is 19.3 Å². The van der Waals surface area contributed by atoms with Crippen LogP contribution < -0.4 is 0 Å². The first-order valence-corrected chi connectivity index (χ1v) is 17.4. The predicted octanol–water partition coefficient (Wildman–Crippen LogP) is 12.2. The highest BCUT2D eigenvalue weighted by atomic mass is 15.2. The highest BCUT2D eigenvalue weighted by Crippen LogP contribution is 2.51. The lowest BCUT2D eigenvalue weighted by Gasteiger charge is -2.21. The first-order chi connectivity index (χ1) is 24.6. The van der Waals surface area contributed by atoms with Crippen molar-refractivity contribution in [1.29, 1.82) is 0 Å². The summed E-state index contributed by atoms with van der Waals surface area (Å²) in [6, 6.07) is 55.0. The van der Waals surface area contributed by atoms with Crippen molar-refractivity contribution in [3.63, 3.8) is 0 Å². The summed E-state index contributed by atoms with van der Waals surface area (Å²) in [6.07, 6.45) is 0. The summed E-state index contributed by atoms with van der Waals surface area (Å²) >= 11 is 0. The Hall–Kier alpha value is -6.32. The monoisotopic (exact) mass is 637 g/mol. The molecule has 0 saturated heterocycles. The van der Waals surface area contributed by atoms with Crippen LogP contribution in [0.15, 0.2) is 152 Å². The molecular weight excluding hydrogens is 607 g/mol. The van der Waals surface area contributed by atoms with Gasteiger partial charge >= 0.3 is 0 Å². The standard InChI is InChI=1S/C47H31N3/c1-47(2)38-23-13-12-22-36(38)43-44(28-14-4-3-5-15-28)48-46(49-45(43)47)50-39-25-24-35-33-20-9-8-18-31(33)32-19-10-11-21-34(32)41(35)42(39)37-26-29-16-6-7-17-30(29)27-40(37)50/h3-27H,1-2H3. The molecular formula is C47H31N3. The van der Waals surface area contributed by atoms with Crippen molar-refractivity contribution in [2.75, 3.05) is 0 Å². The lowest BCUT2D eigenvalue weighted by Crippen LogP contribution is -2.18. The molecule has 0 N–H and O–H groups in total. The maximum atomic E-state index is 5.57. The molecule has 10 aromatic rings. The van der Waals surface area contributed by atoms with E-state index in [1.165, 1.54) is 65.0 Å². The number of hydrogen-bond donors (Lipinski definition) is 0. The normalized spacial score (nSPS) is 13.6. The van der Waals surface area contributed by atoms with E-state index in [0.717, 1.165) is 33.5 Å². The van der Waals surface area contributed by atoms with E-state index in [0.29, 0.717) is 5.95 Å². The van der Waals surface area contributed by atoms with Crippen LogP contribution in [0.5, 0.6) is 0 Å². The third-order valence-electron chi connectivity index (χ3n) is 11.1. The molecule has 11 rings (SSSR count). The predicted molar refractivity (Wildman–Crippen MR) is 209 cm³/mol. The number of rotatable bonds is 2. The van der Waals surface area contributed by atoms with Gasteiger partial charge in [-0.25, -0.2) is 9.97 Å². The maximum absolute atomic E-state index is 5.57. The van der Waals surface area contributed by atoms with Crippen LogP contribution in [0.25, 0.3) is 93.2 Å². The van der Waals surface area contributed by atoms with Crippen LogP contribution in [0, 0.1) is 0 Å². The highest BCUT2D eigenvalue weighted by Gasteiger charge is 2.40. The Balaban J connectivity index is 1.35. The molecule has 2 heterocycles. The van der Waals surface area contributed by atoms with Gasteiger partial charge < -0.3 is 0 Å². The van der Waals surface area contributed by atoms with Crippen molar-refractivity contribution < 1.29 is 0 Å². The Morgan fingerprint density at radius 2 is 1.08 bits per heavy atom. The lowest BCUT2D eigenvalue weighted by atomic mass is 9.85. The van der Waals surface area contributed by atoms with Crippen LogP contribution in [0.1, 0.15) is 25.1 Å². The van der Waals surface area contributed by atoms with Crippen LogP contribution in [0.3, 0.4) is 0 Å². The minimum Gasteiger partial charge on any atom is -0.278 e. The molecule has 0 unspecified atom stereocenters. The molecule has 0 spiro atoms. The molecule has 0 saturated carbocycles. The van der Waals surface area contributed by atoms with Gasteiger partial charge in [0, 0.05) is 32.7 Å². The van der Waals surface area contributed by atoms with Crippen LogP contribution in [0.4, 0.5) is 0 Å². The van der Waals surface area contributed by atoms with E-state index in [1.54, 1.807) is 0 Å². The minimum absolute atomic E-state index is 0.291. The van der Waals surface area contributed by atoms with Crippen molar-refractivity contribution >= 4 is 64.9 Å². The molecule has 1 aliphatic rings. The summed E-state index contributed by atoms with van der Waals surface area (Å²) in [5.74, 6) is 0.697. The SMILES string of the molecule is CC1(C)c2ccccc2-c2c(-c3ccccc3)nc(-n3c4cc5ccccc5cc4c4c5c6ccccc6c6ccccc6c5ccc43)nc21. The van der Waals surface area contributed by atoms with Gasteiger partial charge in [0.25, 0.3) is 0 Å². The van der Waals surface area contributed by atoms with Crippen molar-refractivity contribution in [1.82, 2.24) is 14.5 Å². The molecule has 0 atom stereocenters. The van der Waals surface area contributed by atoms with Gasteiger partial charge in [-0.15, -0.1) is 0 Å². The molecule has 8 aromatic carbocycles. The zero-order chi connectivity index (χ0) is 33.1. The topological polar surface area (TPSA) is 30.7 Å². The average molecular weight is 638 g/mol. The fourth-order valence-corrected chi connectivity index (χ4v) is 8.84. The first-order valence-electron chi connectivity index (χ1n) is 17.4. The van der Waals surface area contributed by atoms with Gasteiger partial charge in [0.2, 0.25) is 5.95 Å². The Morgan fingerprint density at radius 3 is 1.84 bits per heavy atom. The molecule has 3 heteroatoms. The fourth-order valence-electron chi connectivity index (χ4n) is 8.84. The van der Waals surface area contributed by atoms with Crippen molar-refractivity contribution in [2.24, 2.45) is 0 Å². The molecule has 0 radical (unpaired) electrons. The molecule has 2 aromatic heterocycles. The number of nitrogens with zero attached hydrogens (tertiary/aromatic N) is 3. The zero-order valence-corrected chi connectivity index (χ0v) is 27.8. The minimum atomic E-state index is -0.291. The Kier molecular flexibility index (Phi) is 5.45. The second kappa shape index (κ2) is 9.87. The van der Waals surface area contributed by atoms with Crippen LogP contribution >= 0.6 is 0 Å². The molecule has 1 aliphatic carbocycles. The summed E-state index contributed by atoms with van der Waals surface area (Å²) in [5, 5.41) is 12.5. The summed E-state index contributed by atoms with van der Waals surface area (Å²) in [6.45, 7) is 4.60. The largest absolute Gasteiger partial charge is 0.278 e. The summed E-state index contributed by atoms with van der Waals surface area (Å²) in [4.78, 5) is 11.1. The summed E-state index contributed by atoms with van der Waals surface area (Å²) < 4.78 is 2.33. The Morgan fingerprint density at radius 1 is 0.480 bits per heavy atom. The van der Waals surface area contributed by atoms with Gasteiger partial charge in [-0.1, -0.05) is 147 Å². The number of hydrogen-bond acceptors (Lipinski definition) is 2.